The third kappa shape index (κ3) is 3.99. The molecule has 0 atom stereocenters. The van der Waals surface area contributed by atoms with Crippen LogP contribution in [-0.2, 0) is 18.9 Å². The van der Waals surface area contributed by atoms with Crippen LogP contribution in [-0.4, -0.2) is 26.9 Å². The second-order valence-electron chi connectivity index (χ2n) is 0.671. The molecule has 8 heavy (non-hydrogen) atoms. The summed E-state index contributed by atoms with van der Waals surface area (Å²) in [6, 6.07) is 0. The molecule has 0 unspecified atom stereocenters. The van der Waals surface area contributed by atoms with Crippen molar-refractivity contribution in [2.45, 2.75) is 0 Å². The van der Waals surface area contributed by atoms with E-state index < -0.39 is 18.9 Å². The highest BCUT2D eigenvalue weighted by molar-refractivity contribution is 8.56. The summed E-state index contributed by atoms with van der Waals surface area (Å²) in [4.78, 5) is 0. The summed E-state index contributed by atoms with van der Waals surface area (Å²) in [5, 5.41) is 0. The van der Waals surface area contributed by atoms with E-state index in [0.717, 1.165) is 0 Å². The molecule has 0 aromatic carbocycles. The zero-order valence-electron chi connectivity index (χ0n) is 3.44. The quantitative estimate of drug-likeness (QED) is 0.254. The average molecular weight is 164 g/mol. The highest BCUT2D eigenvalue weighted by atomic mass is 33.2. The molecule has 0 radical (unpaired) electrons. The smallest absolute Gasteiger partial charge is 0.370 e. The van der Waals surface area contributed by atoms with Gasteiger partial charge in [0.05, 0.1) is 0 Å². The number of thiol groups is 1. The van der Waals surface area contributed by atoms with Crippen LogP contribution >= 0.6 is 0 Å². The van der Waals surface area contributed by atoms with Crippen molar-refractivity contribution in [1.29, 1.82) is 0 Å². The third-order valence-corrected chi connectivity index (χ3v) is 1.70. The molecule has 0 aliphatic heterocycles. The molecule has 0 aliphatic rings. The fourth-order valence-corrected chi connectivity index (χ4v) is 0. The molecule has 0 saturated carbocycles. The van der Waals surface area contributed by atoms with Gasteiger partial charge in [-0.2, -0.15) is 8.42 Å². The Morgan fingerprint density at radius 3 is 1.38 bits per heavy atom. The summed E-state index contributed by atoms with van der Waals surface area (Å²) < 4.78 is 44.5. The Labute approximate surface area is 46.5 Å². The molecule has 6 nitrogen and oxygen atoms in total. The lowest BCUT2D eigenvalue weighted by Gasteiger charge is -1.72. The molecule has 3 N–H and O–H groups in total. The summed E-state index contributed by atoms with van der Waals surface area (Å²) in [7, 11) is -8.50. The van der Waals surface area contributed by atoms with Crippen LogP contribution in [0.1, 0.15) is 0 Å². The van der Waals surface area contributed by atoms with Crippen molar-refractivity contribution in [1.82, 2.24) is 0 Å². The minimum atomic E-state index is -4.79. The van der Waals surface area contributed by atoms with Gasteiger partial charge in [0.15, 0.2) is 0 Å². The molecule has 0 saturated heterocycles. The molecule has 0 spiro atoms. The van der Waals surface area contributed by atoms with Crippen LogP contribution < -0.4 is 0 Å². The largest absolute Gasteiger partial charge is 0.412 e. The molecule has 52 valence electrons. The second-order valence-corrected chi connectivity index (χ2v) is 4.29. The maximum Gasteiger partial charge on any atom is 0.370 e. The van der Waals surface area contributed by atoms with E-state index in [-0.39, 0.29) is 5.48 Å². The highest BCUT2D eigenvalue weighted by Crippen LogP contribution is 1.75. The summed E-state index contributed by atoms with van der Waals surface area (Å²) >= 11 is 0. The zero-order valence-corrected chi connectivity index (χ0v) is 5.15. The van der Waals surface area contributed by atoms with Crippen LogP contribution in [0, 0.1) is 0 Å². The van der Waals surface area contributed by atoms with Gasteiger partial charge in [0, 0.05) is 0 Å². The first kappa shape index (κ1) is 10.7. The van der Waals surface area contributed by atoms with Gasteiger partial charge in [-0.1, -0.05) is 0 Å². The van der Waals surface area contributed by atoms with Gasteiger partial charge in [-0.25, -0.2) is 8.42 Å². The van der Waals surface area contributed by atoms with E-state index in [1.807, 2.05) is 0 Å². The molecule has 0 aromatic rings. The van der Waals surface area contributed by atoms with Crippen molar-refractivity contribution in [3.05, 3.63) is 0 Å². The second kappa shape index (κ2) is 2.97. The van der Waals surface area contributed by atoms with E-state index >= 15 is 0 Å². The van der Waals surface area contributed by atoms with Gasteiger partial charge in [0.25, 0.3) is 9.74 Å². The summed E-state index contributed by atoms with van der Waals surface area (Å²) in [6.45, 7) is 0. The van der Waals surface area contributed by atoms with Crippen molar-refractivity contribution >= 4 is 18.9 Å². The monoisotopic (exact) mass is 164 g/mol. The van der Waals surface area contributed by atoms with E-state index in [1.165, 1.54) is 0 Å². The predicted molar refractivity (Wildman–Crippen MR) is 25.5 cm³/mol. The standard InChI is InChI=1S/H2O5S2.H2O/c1-6(2)7(3,4)5;/h6H,(H,3,4,5);1H2. The summed E-state index contributed by atoms with van der Waals surface area (Å²) in [5.74, 6) is 0. The third-order valence-electron chi connectivity index (χ3n) is 0.188. The molecule has 0 aliphatic carbocycles. The highest BCUT2D eigenvalue weighted by Gasteiger charge is 2.03. The van der Waals surface area contributed by atoms with Crippen LogP contribution in [0.25, 0.3) is 0 Å². The minimum Gasteiger partial charge on any atom is -0.412 e. The van der Waals surface area contributed by atoms with Gasteiger partial charge in [-0.15, -0.1) is 0 Å². The predicted octanol–water partition coefficient (Wildman–Crippen LogP) is -2.42. The molecule has 0 amide bonds. The molecule has 0 rings (SSSR count). The molecular formula is H4O6S2. The van der Waals surface area contributed by atoms with E-state index in [2.05, 4.69) is 0 Å². The Kier molecular flexibility index (Phi) is 3.99. The maximum atomic E-state index is 9.29. The molecular weight excluding hydrogens is 160 g/mol. The SMILES string of the molecule is O.O=[SH](=O)S(=O)(=O)O. The van der Waals surface area contributed by atoms with Gasteiger partial charge >= 0.3 is 9.15 Å². The Balaban J connectivity index is 0. The first-order valence-electron chi connectivity index (χ1n) is 1.06. The van der Waals surface area contributed by atoms with Crippen LogP contribution in [0.15, 0.2) is 0 Å². The van der Waals surface area contributed by atoms with Crippen molar-refractivity contribution < 1.29 is 26.9 Å². The van der Waals surface area contributed by atoms with Crippen LogP contribution in [0.5, 0.6) is 0 Å². The summed E-state index contributed by atoms with van der Waals surface area (Å²) in [6.07, 6.45) is 0. The molecule has 0 heterocycles. The Bertz CT molecular complexity index is 195. The van der Waals surface area contributed by atoms with E-state index in [9.17, 15) is 16.8 Å². The lowest BCUT2D eigenvalue weighted by Crippen LogP contribution is -1.96. The van der Waals surface area contributed by atoms with Crippen molar-refractivity contribution in [2.75, 3.05) is 0 Å². The molecule has 8 heteroatoms. The topological polar surface area (TPSA) is 120 Å². The fraction of sp³-hybridized carbons (Fsp3) is 0. The van der Waals surface area contributed by atoms with Crippen molar-refractivity contribution in [3.8, 4) is 0 Å². The maximum absolute atomic E-state index is 9.29. The molecule has 0 aromatic heterocycles. The first-order chi connectivity index (χ1) is 2.94. The molecule has 0 fully saturated rings. The Morgan fingerprint density at radius 1 is 1.25 bits per heavy atom. The van der Waals surface area contributed by atoms with Crippen LogP contribution in [0.3, 0.4) is 0 Å². The average Bonchev–Trinajstić information content (AvgIpc) is 1.31. The number of rotatable bonds is 1. The minimum absolute atomic E-state index is 0. The lowest BCUT2D eigenvalue weighted by atomic mass is 15.9. The van der Waals surface area contributed by atoms with Crippen LogP contribution in [0.2, 0.25) is 0 Å². The Morgan fingerprint density at radius 2 is 1.38 bits per heavy atom. The normalized spacial score (nSPS) is 10.8. The molecule has 0 bridgehead atoms. The van der Waals surface area contributed by atoms with Crippen LogP contribution in [0.4, 0.5) is 0 Å². The van der Waals surface area contributed by atoms with Gasteiger partial charge in [0.2, 0.25) is 0 Å². The van der Waals surface area contributed by atoms with Crippen molar-refractivity contribution in [3.63, 3.8) is 0 Å². The summed E-state index contributed by atoms with van der Waals surface area (Å²) in [5.41, 5.74) is 0. The van der Waals surface area contributed by atoms with E-state index in [4.69, 9.17) is 4.55 Å². The number of hydrogen-bond donors (Lipinski definition) is 2. The van der Waals surface area contributed by atoms with Gasteiger partial charge in [-0.05, 0) is 0 Å². The zero-order chi connectivity index (χ0) is 6.08. The van der Waals surface area contributed by atoms with Crippen molar-refractivity contribution in [2.24, 2.45) is 0 Å². The lowest BCUT2D eigenvalue weighted by molar-refractivity contribution is 0.496. The van der Waals surface area contributed by atoms with Gasteiger partial charge in [0.1, 0.15) is 0 Å². The van der Waals surface area contributed by atoms with E-state index in [0.29, 0.717) is 0 Å². The Hall–Kier alpha value is -0.180. The van der Waals surface area contributed by atoms with Gasteiger partial charge < -0.3 is 5.48 Å². The fourth-order valence-electron chi connectivity index (χ4n) is 0. The number of hydrogen-bond acceptors (Lipinski definition) is 4. The first-order valence-corrected chi connectivity index (χ1v) is 4.29. The van der Waals surface area contributed by atoms with E-state index in [1.54, 1.807) is 0 Å². The van der Waals surface area contributed by atoms with Gasteiger partial charge in [-0.3, -0.25) is 4.55 Å².